The Bertz CT molecular complexity index is 1400. The molecule has 32 heavy (non-hydrogen) atoms. The van der Waals surface area contributed by atoms with Gasteiger partial charge in [0.2, 0.25) is 0 Å². The lowest BCUT2D eigenvalue weighted by Gasteiger charge is -2.12. The molecule has 0 amide bonds. The largest absolute Gasteiger partial charge is 0.360 e. The predicted octanol–water partition coefficient (Wildman–Crippen LogP) is 5.76. The summed E-state index contributed by atoms with van der Waals surface area (Å²) < 4.78 is 28.1. The molecular weight excluding hydrogens is 420 g/mol. The van der Waals surface area contributed by atoms with Gasteiger partial charge in [0.05, 0.1) is 16.3 Å². The number of carbonyl (C=O) groups is 1. The average molecular weight is 443 g/mol. The maximum atomic E-state index is 12.7. The molecule has 0 saturated heterocycles. The van der Waals surface area contributed by atoms with Crippen LogP contribution in [0.2, 0.25) is 0 Å². The van der Waals surface area contributed by atoms with E-state index < -0.39 is 10.0 Å². The van der Waals surface area contributed by atoms with Gasteiger partial charge in [0, 0.05) is 17.8 Å². The molecule has 0 bridgehead atoms. The van der Waals surface area contributed by atoms with Crippen molar-refractivity contribution < 1.29 is 13.2 Å². The number of para-hydroxylation sites is 2. The van der Waals surface area contributed by atoms with Crippen molar-refractivity contribution >= 4 is 38.0 Å². The van der Waals surface area contributed by atoms with E-state index in [1.807, 2.05) is 43.3 Å². The van der Waals surface area contributed by atoms with Crippen molar-refractivity contribution in [3.63, 3.8) is 0 Å². The maximum Gasteiger partial charge on any atom is 0.261 e. The Balaban J connectivity index is 1.53. The van der Waals surface area contributed by atoms with Gasteiger partial charge in [-0.3, -0.25) is 9.52 Å². The summed E-state index contributed by atoms with van der Waals surface area (Å²) in [6, 6.07) is 26.9. The number of sulfonamides is 1. The number of aryl methyl sites for hydroxylation is 1. The molecule has 4 aromatic rings. The van der Waals surface area contributed by atoms with Gasteiger partial charge in [-0.1, -0.05) is 72.3 Å². The molecule has 0 spiro atoms. The number of fused-ring (bicyclic) bond motifs is 1. The molecule has 4 rings (SSSR count). The SMILES string of the molecule is Cc1ccc(S(=O)(=O)Nc2ccccc2N/C=C/C(=O)c2cccc3ccccc23)cc1. The zero-order valence-electron chi connectivity index (χ0n) is 17.4. The third-order valence-electron chi connectivity index (χ3n) is 5.03. The van der Waals surface area contributed by atoms with Gasteiger partial charge in [0.15, 0.2) is 5.78 Å². The molecular formula is C26H22N2O3S. The highest BCUT2D eigenvalue weighted by Gasteiger charge is 2.15. The lowest BCUT2D eigenvalue weighted by molar-refractivity contribution is 0.104. The Labute approximate surface area is 187 Å². The van der Waals surface area contributed by atoms with Crippen molar-refractivity contribution in [3.8, 4) is 0 Å². The second kappa shape index (κ2) is 9.08. The van der Waals surface area contributed by atoms with Gasteiger partial charge in [-0.2, -0.15) is 0 Å². The normalized spacial score (nSPS) is 11.5. The molecule has 0 aliphatic heterocycles. The Hall–Kier alpha value is -3.90. The summed E-state index contributed by atoms with van der Waals surface area (Å²) in [5.74, 6) is -0.146. The first kappa shape index (κ1) is 21.3. The highest BCUT2D eigenvalue weighted by molar-refractivity contribution is 7.92. The van der Waals surface area contributed by atoms with E-state index >= 15 is 0 Å². The highest BCUT2D eigenvalue weighted by Crippen LogP contribution is 2.25. The minimum Gasteiger partial charge on any atom is -0.360 e. The van der Waals surface area contributed by atoms with E-state index in [1.54, 1.807) is 54.6 Å². The number of hydrogen-bond acceptors (Lipinski definition) is 4. The molecule has 160 valence electrons. The van der Waals surface area contributed by atoms with Gasteiger partial charge >= 0.3 is 0 Å². The fraction of sp³-hybridized carbons (Fsp3) is 0.0385. The number of nitrogens with one attached hydrogen (secondary N) is 2. The third-order valence-corrected chi connectivity index (χ3v) is 6.41. The fourth-order valence-corrected chi connectivity index (χ4v) is 4.44. The van der Waals surface area contributed by atoms with Crippen molar-refractivity contribution in [1.82, 2.24) is 0 Å². The maximum absolute atomic E-state index is 12.7. The summed E-state index contributed by atoms with van der Waals surface area (Å²) in [5.41, 5.74) is 2.50. The average Bonchev–Trinajstić information content (AvgIpc) is 2.80. The number of hydrogen-bond donors (Lipinski definition) is 2. The Morgan fingerprint density at radius 2 is 1.44 bits per heavy atom. The lowest BCUT2D eigenvalue weighted by atomic mass is 10.0. The van der Waals surface area contributed by atoms with Crippen molar-refractivity contribution in [2.75, 3.05) is 10.0 Å². The quantitative estimate of drug-likeness (QED) is 0.282. The van der Waals surface area contributed by atoms with Crippen molar-refractivity contribution in [2.24, 2.45) is 0 Å². The van der Waals surface area contributed by atoms with Gasteiger partial charge in [0.25, 0.3) is 10.0 Å². The summed E-state index contributed by atoms with van der Waals surface area (Å²) in [7, 11) is -3.74. The van der Waals surface area contributed by atoms with Crippen LogP contribution in [0.4, 0.5) is 11.4 Å². The van der Waals surface area contributed by atoms with Gasteiger partial charge in [0.1, 0.15) is 0 Å². The Morgan fingerprint density at radius 1 is 0.781 bits per heavy atom. The minimum absolute atomic E-state index is 0.146. The van der Waals surface area contributed by atoms with Crippen LogP contribution in [-0.2, 0) is 10.0 Å². The first-order chi connectivity index (χ1) is 15.4. The van der Waals surface area contributed by atoms with Crippen LogP contribution in [0.3, 0.4) is 0 Å². The molecule has 0 saturated carbocycles. The Kier molecular flexibility index (Phi) is 6.05. The second-order valence-electron chi connectivity index (χ2n) is 7.33. The van der Waals surface area contributed by atoms with E-state index in [0.29, 0.717) is 16.9 Å². The van der Waals surface area contributed by atoms with E-state index in [9.17, 15) is 13.2 Å². The van der Waals surface area contributed by atoms with E-state index in [1.165, 1.54) is 12.3 Å². The number of ketones is 1. The molecule has 0 atom stereocenters. The van der Waals surface area contributed by atoms with Gasteiger partial charge in [-0.25, -0.2) is 8.42 Å². The van der Waals surface area contributed by atoms with Crippen LogP contribution in [0, 0.1) is 6.92 Å². The van der Waals surface area contributed by atoms with Gasteiger partial charge < -0.3 is 5.32 Å². The zero-order valence-corrected chi connectivity index (χ0v) is 18.3. The predicted molar refractivity (Wildman–Crippen MR) is 129 cm³/mol. The standard InChI is InChI=1S/C26H22N2O3S/c1-19-13-15-21(16-14-19)32(30,31)28-25-12-5-4-11-24(25)27-18-17-26(29)23-10-6-8-20-7-2-3-9-22(20)23/h2-18,27-28H,1H3/b18-17+. The third kappa shape index (κ3) is 4.71. The minimum atomic E-state index is -3.74. The molecule has 0 fully saturated rings. The van der Waals surface area contributed by atoms with Crippen LogP contribution >= 0.6 is 0 Å². The van der Waals surface area contributed by atoms with Crippen LogP contribution in [0.15, 0.2) is 108 Å². The summed E-state index contributed by atoms with van der Waals surface area (Å²) in [5, 5.41) is 4.90. The molecule has 0 radical (unpaired) electrons. The van der Waals surface area contributed by atoms with Crippen LogP contribution in [0.5, 0.6) is 0 Å². The zero-order chi connectivity index (χ0) is 22.6. The van der Waals surface area contributed by atoms with E-state index in [-0.39, 0.29) is 10.7 Å². The van der Waals surface area contributed by atoms with Crippen LogP contribution < -0.4 is 10.0 Å². The molecule has 0 unspecified atom stereocenters. The first-order valence-electron chi connectivity index (χ1n) is 10.1. The number of allylic oxidation sites excluding steroid dienone is 1. The Morgan fingerprint density at radius 3 is 2.22 bits per heavy atom. The summed E-state index contributed by atoms with van der Waals surface area (Å²) in [6.07, 6.45) is 2.95. The van der Waals surface area contributed by atoms with Crippen LogP contribution in [-0.4, -0.2) is 14.2 Å². The van der Waals surface area contributed by atoms with E-state index in [2.05, 4.69) is 10.0 Å². The number of benzene rings is 4. The van der Waals surface area contributed by atoms with E-state index in [0.717, 1.165) is 16.3 Å². The molecule has 0 aromatic heterocycles. The van der Waals surface area contributed by atoms with Crippen molar-refractivity contribution in [2.45, 2.75) is 11.8 Å². The molecule has 0 heterocycles. The smallest absolute Gasteiger partial charge is 0.261 e. The monoisotopic (exact) mass is 442 g/mol. The topological polar surface area (TPSA) is 75.3 Å². The summed E-state index contributed by atoms with van der Waals surface area (Å²) in [4.78, 5) is 12.9. The molecule has 5 nitrogen and oxygen atoms in total. The van der Waals surface area contributed by atoms with Crippen molar-refractivity contribution in [3.05, 3.63) is 114 Å². The summed E-state index contributed by atoms with van der Waals surface area (Å²) >= 11 is 0. The molecule has 0 aliphatic rings. The second-order valence-corrected chi connectivity index (χ2v) is 9.02. The van der Waals surface area contributed by atoms with Crippen LogP contribution in [0.1, 0.15) is 15.9 Å². The fourth-order valence-electron chi connectivity index (χ4n) is 3.36. The van der Waals surface area contributed by atoms with Crippen LogP contribution in [0.25, 0.3) is 10.8 Å². The lowest BCUT2D eigenvalue weighted by Crippen LogP contribution is -2.14. The molecule has 4 aromatic carbocycles. The molecule has 0 aliphatic carbocycles. The number of anilines is 2. The van der Waals surface area contributed by atoms with E-state index in [4.69, 9.17) is 0 Å². The highest BCUT2D eigenvalue weighted by atomic mass is 32.2. The first-order valence-corrected chi connectivity index (χ1v) is 11.6. The molecule has 6 heteroatoms. The number of carbonyl (C=O) groups excluding carboxylic acids is 1. The van der Waals surface area contributed by atoms with Crippen molar-refractivity contribution in [1.29, 1.82) is 0 Å². The van der Waals surface area contributed by atoms with Gasteiger partial charge in [-0.15, -0.1) is 0 Å². The number of rotatable bonds is 7. The van der Waals surface area contributed by atoms with Gasteiger partial charge in [-0.05, 0) is 42.0 Å². The molecule has 2 N–H and O–H groups in total. The summed E-state index contributed by atoms with van der Waals surface area (Å²) in [6.45, 7) is 1.90.